The Morgan fingerprint density at radius 1 is 1.26 bits per heavy atom. The number of fused-ring (bicyclic) bond motifs is 1. The van der Waals surface area contributed by atoms with Crippen LogP contribution in [0.4, 0.5) is 5.82 Å². The Labute approximate surface area is 158 Å². The normalized spacial score (nSPS) is 22.2. The second-order valence-corrected chi connectivity index (χ2v) is 7.33. The molecule has 1 amide bonds. The second-order valence-electron chi connectivity index (χ2n) is 7.33. The predicted octanol–water partition coefficient (Wildman–Crippen LogP) is 2.16. The van der Waals surface area contributed by atoms with Crippen LogP contribution >= 0.6 is 0 Å². The number of aliphatic hydroxyl groups is 1. The molecule has 2 aliphatic rings. The van der Waals surface area contributed by atoms with Crippen LogP contribution in [0, 0.1) is 0 Å². The minimum atomic E-state index is -0.361. The highest BCUT2D eigenvalue weighted by Crippen LogP contribution is 2.29. The molecule has 1 aliphatic heterocycles. The number of amides is 1. The third kappa shape index (κ3) is 3.78. The summed E-state index contributed by atoms with van der Waals surface area (Å²) in [5.41, 5.74) is 2.61. The van der Waals surface area contributed by atoms with Gasteiger partial charge in [0.15, 0.2) is 5.82 Å². The maximum Gasteiger partial charge on any atom is 0.219 e. The van der Waals surface area contributed by atoms with Crippen molar-refractivity contribution in [2.45, 2.75) is 57.7 Å². The molecular formula is C20H25N5O2. The molecule has 0 saturated heterocycles. The summed E-state index contributed by atoms with van der Waals surface area (Å²) in [5, 5.41) is 13.8. The van der Waals surface area contributed by atoms with Gasteiger partial charge in [0.2, 0.25) is 5.91 Å². The number of pyridine rings is 1. The molecule has 1 fully saturated rings. The summed E-state index contributed by atoms with van der Waals surface area (Å²) in [6.07, 6.45) is 5.98. The summed E-state index contributed by atoms with van der Waals surface area (Å²) in [6.45, 7) is 2.73. The molecule has 7 heteroatoms. The largest absolute Gasteiger partial charge is 0.391 e. The van der Waals surface area contributed by atoms with Gasteiger partial charge in [0.1, 0.15) is 11.5 Å². The van der Waals surface area contributed by atoms with E-state index in [1.807, 2.05) is 18.2 Å². The lowest BCUT2D eigenvalue weighted by atomic mass is 9.92. The van der Waals surface area contributed by atoms with Gasteiger partial charge in [-0.2, -0.15) is 0 Å². The molecule has 0 aromatic carbocycles. The van der Waals surface area contributed by atoms with E-state index in [1.165, 1.54) is 0 Å². The van der Waals surface area contributed by atoms with Crippen LogP contribution in [0.2, 0.25) is 0 Å². The van der Waals surface area contributed by atoms with Gasteiger partial charge in [0.25, 0.3) is 0 Å². The van der Waals surface area contributed by atoms with E-state index in [0.29, 0.717) is 31.0 Å². The van der Waals surface area contributed by atoms with Gasteiger partial charge in [-0.15, -0.1) is 0 Å². The third-order valence-electron chi connectivity index (χ3n) is 5.46. The average Bonchev–Trinajstić information content (AvgIpc) is 2.69. The first kappa shape index (κ1) is 17.9. The van der Waals surface area contributed by atoms with E-state index in [-0.39, 0.29) is 18.1 Å². The second kappa shape index (κ2) is 7.60. The maximum atomic E-state index is 11.8. The molecule has 7 nitrogen and oxygen atoms in total. The molecule has 3 heterocycles. The van der Waals surface area contributed by atoms with Crippen LogP contribution in [0.5, 0.6) is 0 Å². The average molecular weight is 367 g/mol. The van der Waals surface area contributed by atoms with Crippen LogP contribution in [0.3, 0.4) is 0 Å². The Hall–Kier alpha value is -2.54. The van der Waals surface area contributed by atoms with Crippen LogP contribution < -0.4 is 5.32 Å². The van der Waals surface area contributed by atoms with Crippen molar-refractivity contribution in [3.05, 3.63) is 35.7 Å². The Morgan fingerprint density at radius 3 is 2.85 bits per heavy atom. The number of nitrogens with zero attached hydrogens (tertiary/aromatic N) is 4. The smallest absolute Gasteiger partial charge is 0.219 e. The zero-order chi connectivity index (χ0) is 18.8. The number of aromatic nitrogens is 3. The quantitative estimate of drug-likeness (QED) is 0.864. The van der Waals surface area contributed by atoms with Crippen molar-refractivity contribution in [3.63, 3.8) is 0 Å². The molecule has 2 aromatic heterocycles. The van der Waals surface area contributed by atoms with Crippen molar-refractivity contribution >= 4 is 11.7 Å². The summed E-state index contributed by atoms with van der Waals surface area (Å²) in [4.78, 5) is 27.5. The van der Waals surface area contributed by atoms with Gasteiger partial charge in [0, 0.05) is 25.2 Å². The molecule has 142 valence electrons. The van der Waals surface area contributed by atoms with Crippen molar-refractivity contribution in [3.8, 4) is 11.5 Å². The molecule has 0 spiro atoms. The van der Waals surface area contributed by atoms with Crippen molar-refractivity contribution < 1.29 is 9.90 Å². The number of carbonyl (C=O) groups is 1. The zero-order valence-corrected chi connectivity index (χ0v) is 15.6. The fourth-order valence-corrected chi connectivity index (χ4v) is 3.88. The number of nitrogens with one attached hydrogen (secondary N) is 1. The fraction of sp³-hybridized carbons (Fsp3) is 0.500. The molecule has 0 unspecified atom stereocenters. The van der Waals surface area contributed by atoms with Crippen LogP contribution in [-0.2, 0) is 17.8 Å². The Kier molecular flexibility index (Phi) is 5.03. The molecule has 4 rings (SSSR count). The molecule has 1 aliphatic carbocycles. The lowest BCUT2D eigenvalue weighted by Gasteiger charge is -2.32. The summed E-state index contributed by atoms with van der Waals surface area (Å²) in [6, 6.07) is 5.65. The molecule has 1 saturated carbocycles. The van der Waals surface area contributed by atoms with Crippen LogP contribution in [-0.4, -0.2) is 49.6 Å². The van der Waals surface area contributed by atoms with Gasteiger partial charge < -0.3 is 15.3 Å². The number of hydrogen-bond acceptors (Lipinski definition) is 6. The van der Waals surface area contributed by atoms with Crippen LogP contribution in [0.15, 0.2) is 24.4 Å². The van der Waals surface area contributed by atoms with Gasteiger partial charge in [0.05, 0.1) is 24.4 Å². The van der Waals surface area contributed by atoms with Gasteiger partial charge in [-0.1, -0.05) is 18.9 Å². The predicted molar refractivity (Wildman–Crippen MR) is 102 cm³/mol. The van der Waals surface area contributed by atoms with E-state index < -0.39 is 0 Å². The monoisotopic (exact) mass is 367 g/mol. The van der Waals surface area contributed by atoms with Crippen LogP contribution in [0.1, 0.15) is 43.9 Å². The first-order chi connectivity index (χ1) is 13.1. The Bertz CT molecular complexity index is 827. The molecule has 27 heavy (non-hydrogen) atoms. The Balaban J connectivity index is 1.72. The standard InChI is InChI=1S/C20H25N5O2/c1-13(26)25-11-9-14-17(12-25)23-20(16-7-4-5-10-21-16)24-19(14)22-15-6-2-3-8-18(15)27/h4-5,7,10,15,18,27H,2-3,6,8-9,11-12H2,1H3,(H,22,23,24)/t15-,18-/m0/s1. The van der Waals surface area contributed by atoms with E-state index in [0.717, 1.165) is 42.8 Å². The molecule has 0 radical (unpaired) electrons. The minimum Gasteiger partial charge on any atom is -0.391 e. The van der Waals surface area contributed by atoms with Gasteiger partial charge in [-0.05, 0) is 31.4 Å². The first-order valence-corrected chi connectivity index (χ1v) is 9.63. The zero-order valence-electron chi connectivity index (χ0n) is 15.6. The first-order valence-electron chi connectivity index (χ1n) is 9.63. The van der Waals surface area contributed by atoms with Crippen molar-refractivity contribution in [2.75, 3.05) is 11.9 Å². The van der Waals surface area contributed by atoms with E-state index in [4.69, 9.17) is 9.97 Å². The highest BCUT2D eigenvalue weighted by Gasteiger charge is 2.28. The van der Waals surface area contributed by atoms with Crippen molar-refractivity contribution in [1.29, 1.82) is 0 Å². The fourth-order valence-electron chi connectivity index (χ4n) is 3.88. The maximum absolute atomic E-state index is 11.8. The van der Waals surface area contributed by atoms with Crippen molar-refractivity contribution in [1.82, 2.24) is 19.9 Å². The number of anilines is 1. The van der Waals surface area contributed by atoms with Gasteiger partial charge >= 0.3 is 0 Å². The summed E-state index contributed by atoms with van der Waals surface area (Å²) < 4.78 is 0. The van der Waals surface area contributed by atoms with E-state index >= 15 is 0 Å². The molecule has 2 aromatic rings. The van der Waals surface area contributed by atoms with E-state index in [1.54, 1.807) is 18.0 Å². The topological polar surface area (TPSA) is 91.2 Å². The minimum absolute atomic E-state index is 0.000157. The third-order valence-corrected chi connectivity index (χ3v) is 5.46. The van der Waals surface area contributed by atoms with Crippen molar-refractivity contribution in [2.24, 2.45) is 0 Å². The molecule has 2 atom stereocenters. The SMILES string of the molecule is CC(=O)N1CCc2c(nc(-c3ccccn3)nc2N[C@H]2CCCC[C@@H]2O)C1. The summed E-state index contributed by atoms with van der Waals surface area (Å²) >= 11 is 0. The highest BCUT2D eigenvalue weighted by atomic mass is 16.3. The highest BCUT2D eigenvalue weighted by molar-refractivity contribution is 5.74. The Morgan fingerprint density at radius 2 is 2.11 bits per heavy atom. The lowest BCUT2D eigenvalue weighted by Crippen LogP contribution is -2.39. The summed E-state index contributed by atoms with van der Waals surface area (Å²) in [7, 11) is 0. The van der Waals surface area contributed by atoms with Gasteiger partial charge in [-0.25, -0.2) is 9.97 Å². The number of hydrogen-bond donors (Lipinski definition) is 2. The van der Waals surface area contributed by atoms with E-state index in [2.05, 4.69) is 10.3 Å². The summed E-state index contributed by atoms with van der Waals surface area (Å²) in [5.74, 6) is 1.37. The molecular weight excluding hydrogens is 342 g/mol. The van der Waals surface area contributed by atoms with Gasteiger partial charge in [-0.3, -0.25) is 9.78 Å². The lowest BCUT2D eigenvalue weighted by molar-refractivity contribution is -0.129. The number of rotatable bonds is 3. The number of aliphatic hydroxyl groups excluding tert-OH is 1. The van der Waals surface area contributed by atoms with E-state index in [9.17, 15) is 9.90 Å². The molecule has 0 bridgehead atoms. The number of carbonyl (C=O) groups excluding carboxylic acids is 1. The molecule has 2 N–H and O–H groups in total. The van der Waals surface area contributed by atoms with Crippen LogP contribution in [0.25, 0.3) is 11.5 Å².